The van der Waals surface area contributed by atoms with Gasteiger partial charge in [0, 0.05) is 0 Å². The van der Waals surface area contributed by atoms with Gasteiger partial charge in [-0.2, -0.15) is 0 Å². The lowest BCUT2D eigenvalue weighted by molar-refractivity contribution is 0.804. The number of hydrogen-bond acceptors (Lipinski definition) is 0. The Balaban J connectivity index is 4.09. The first-order valence-electron chi connectivity index (χ1n) is 13.7. The zero-order valence-corrected chi connectivity index (χ0v) is 23.7. The number of hydrogen-bond donors (Lipinski definition) is 0. The summed E-state index contributed by atoms with van der Waals surface area (Å²) >= 11 is 0. The molecule has 0 radical (unpaired) electrons. The van der Waals surface area contributed by atoms with Crippen molar-refractivity contribution in [1.29, 1.82) is 0 Å². The second-order valence-corrected chi connectivity index (χ2v) is 10.4. The summed E-state index contributed by atoms with van der Waals surface area (Å²) in [4.78, 5) is 0. The minimum absolute atomic E-state index is 1.18. The van der Waals surface area contributed by atoms with Gasteiger partial charge in [-0.25, -0.2) is 0 Å². The van der Waals surface area contributed by atoms with Crippen LogP contribution in [0.3, 0.4) is 0 Å². The monoisotopic (exact) mass is 452 g/mol. The summed E-state index contributed by atoms with van der Waals surface area (Å²) in [5, 5.41) is 0. The minimum Gasteiger partial charge on any atom is -0.0856 e. The van der Waals surface area contributed by atoms with Crippen molar-refractivity contribution in [3.63, 3.8) is 0 Å². The third kappa shape index (κ3) is 22.0. The molecular formula is C33H56. The highest BCUT2D eigenvalue weighted by atomic mass is 14.0. The van der Waals surface area contributed by atoms with Crippen LogP contribution >= 0.6 is 0 Å². The Labute approximate surface area is 208 Å². The summed E-state index contributed by atoms with van der Waals surface area (Å²) in [6.07, 6.45) is 30.3. The van der Waals surface area contributed by atoms with Gasteiger partial charge in [0.25, 0.3) is 0 Å². The molecule has 0 saturated carbocycles. The van der Waals surface area contributed by atoms with E-state index in [1.54, 1.807) is 11.1 Å². The van der Waals surface area contributed by atoms with Crippen LogP contribution in [0, 0.1) is 0 Å². The molecule has 0 aliphatic heterocycles. The standard InChI is InChI=1S/C33H56/c1-9-10-11-18-29(4)20-13-22-31(6)24-15-26-33(8)27-16-25-32(7)23-14-21-30(5)19-12-17-28(2)3/h17-18,21-22,25-26H,9-16,19-20,23-24,27H2,1-8H3/b29-18+,30-21+,31-22+,32-25+,33-26+. The van der Waals surface area contributed by atoms with Gasteiger partial charge in [0.1, 0.15) is 0 Å². The summed E-state index contributed by atoms with van der Waals surface area (Å²) in [6, 6.07) is 0. The van der Waals surface area contributed by atoms with Crippen LogP contribution in [-0.2, 0) is 0 Å². The first kappa shape index (κ1) is 31.4. The van der Waals surface area contributed by atoms with Gasteiger partial charge in [-0.05, 0) is 119 Å². The summed E-state index contributed by atoms with van der Waals surface area (Å²) in [6.45, 7) is 18.1. The van der Waals surface area contributed by atoms with Crippen molar-refractivity contribution in [3.05, 3.63) is 69.9 Å². The summed E-state index contributed by atoms with van der Waals surface area (Å²) in [5.41, 5.74) is 9.12. The molecule has 0 spiro atoms. The Morgan fingerprint density at radius 1 is 0.394 bits per heavy atom. The second-order valence-electron chi connectivity index (χ2n) is 10.4. The molecule has 0 heterocycles. The van der Waals surface area contributed by atoms with Crippen LogP contribution in [0.2, 0.25) is 0 Å². The van der Waals surface area contributed by atoms with E-state index < -0.39 is 0 Å². The first-order chi connectivity index (χ1) is 15.7. The fraction of sp³-hybridized carbons (Fsp3) is 0.636. The van der Waals surface area contributed by atoms with E-state index in [0.29, 0.717) is 0 Å². The van der Waals surface area contributed by atoms with Crippen molar-refractivity contribution < 1.29 is 0 Å². The Kier molecular flexibility index (Phi) is 20.0. The number of rotatable bonds is 18. The van der Waals surface area contributed by atoms with E-state index in [-0.39, 0.29) is 0 Å². The average molecular weight is 453 g/mol. The number of unbranched alkanes of at least 4 members (excludes halogenated alkanes) is 2. The summed E-state index contributed by atoms with van der Waals surface area (Å²) in [5.74, 6) is 0. The second kappa shape index (κ2) is 21.0. The molecule has 0 fully saturated rings. The summed E-state index contributed by atoms with van der Waals surface area (Å²) in [7, 11) is 0. The highest BCUT2D eigenvalue weighted by molar-refractivity contribution is 5.08. The predicted octanol–water partition coefficient (Wildman–Crippen LogP) is 11.8. The van der Waals surface area contributed by atoms with Crippen LogP contribution < -0.4 is 0 Å². The van der Waals surface area contributed by atoms with Crippen molar-refractivity contribution in [2.45, 2.75) is 139 Å². The van der Waals surface area contributed by atoms with Crippen molar-refractivity contribution >= 4 is 0 Å². The van der Waals surface area contributed by atoms with Crippen molar-refractivity contribution in [1.82, 2.24) is 0 Å². The van der Waals surface area contributed by atoms with Crippen LogP contribution in [0.4, 0.5) is 0 Å². The van der Waals surface area contributed by atoms with Crippen molar-refractivity contribution in [2.75, 3.05) is 0 Å². The SMILES string of the molecule is CCCC/C=C(\C)CC/C=C(\C)CC/C=C(\C)CC/C=C(\C)CC/C=C(\C)CCC=C(C)C. The summed E-state index contributed by atoms with van der Waals surface area (Å²) < 4.78 is 0. The topological polar surface area (TPSA) is 0 Å². The molecule has 0 bridgehead atoms. The first-order valence-corrected chi connectivity index (χ1v) is 13.7. The Hall–Kier alpha value is -1.56. The lowest BCUT2D eigenvalue weighted by atomic mass is 10.0. The molecule has 188 valence electrons. The molecule has 0 rings (SSSR count). The van der Waals surface area contributed by atoms with E-state index in [0.717, 1.165) is 0 Å². The molecule has 0 N–H and O–H groups in total. The molecule has 0 aromatic carbocycles. The molecule has 33 heavy (non-hydrogen) atoms. The van der Waals surface area contributed by atoms with Gasteiger partial charge in [-0.15, -0.1) is 0 Å². The highest BCUT2D eigenvalue weighted by Gasteiger charge is 1.95. The van der Waals surface area contributed by atoms with Gasteiger partial charge in [0.2, 0.25) is 0 Å². The number of allylic oxidation sites excluding steroid dienone is 12. The maximum absolute atomic E-state index is 2.45. The molecule has 0 amide bonds. The Morgan fingerprint density at radius 3 is 0.939 bits per heavy atom. The molecule has 0 aromatic rings. The molecule has 0 unspecified atom stereocenters. The smallest absolute Gasteiger partial charge is 0.0288 e. The van der Waals surface area contributed by atoms with E-state index in [4.69, 9.17) is 0 Å². The highest BCUT2D eigenvalue weighted by Crippen LogP contribution is 2.16. The Bertz CT molecular complexity index is 684. The van der Waals surface area contributed by atoms with E-state index in [9.17, 15) is 0 Å². The minimum atomic E-state index is 1.18. The molecule has 0 heteroatoms. The maximum atomic E-state index is 2.45. The average Bonchev–Trinajstić information content (AvgIpc) is 2.73. The zero-order valence-electron chi connectivity index (χ0n) is 23.7. The quantitative estimate of drug-likeness (QED) is 0.143. The van der Waals surface area contributed by atoms with E-state index in [1.165, 1.54) is 106 Å². The van der Waals surface area contributed by atoms with Crippen LogP contribution in [-0.4, -0.2) is 0 Å². The van der Waals surface area contributed by atoms with Crippen LogP contribution in [0.15, 0.2) is 69.9 Å². The molecule has 0 aromatic heterocycles. The predicted molar refractivity (Wildman–Crippen MR) is 154 cm³/mol. The van der Waals surface area contributed by atoms with Gasteiger partial charge in [-0.1, -0.05) is 89.7 Å². The van der Waals surface area contributed by atoms with Crippen molar-refractivity contribution in [2.24, 2.45) is 0 Å². The third-order valence-corrected chi connectivity index (χ3v) is 6.27. The van der Waals surface area contributed by atoms with Crippen LogP contribution in [0.5, 0.6) is 0 Å². The van der Waals surface area contributed by atoms with Crippen LogP contribution in [0.1, 0.15) is 139 Å². The van der Waals surface area contributed by atoms with E-state index >= 15 is 0 Å². The van der Waals surface area contributed by atoms with E-state index in [2.05, 4.69) is 91.8 Å². The third-order valence-electron chi connectivity index (χ3n) is 6.27. The van der Waals surface area contributed by atoms with Gasteiger partial charge in [0.05, 0.1) is 0 Å². The lowest BCUT2D eigenvalue weighted by Crippen LogP contribution is -1.83. The molecule has 0 atom stereocenters. The normalized spacial score (nSPS) is 14.1. The van der Waals surface area contributed by atoms with Gasteiger partial charge >= 0.3 is 0 Å². The van der Waals surface area contributed by atoms with Gasteiger partial charge in [0.15, 0.2) is 0 Å². The Morgan fingerprint density at radius 2 is 0.667 bits per heavy atom. The largest absolute Gasteiger partial charge is 0.0856 e. The van der Waals surface area contributed by atoms with Crippen molar-refractivity contribution in [3.8, 4) is 0 Å². The molecule has 0 aliphatic carbocycles. The van der Waals surface area contributed by atoms with Gasteiger partial charge < -0.3 is 0 Å². The zero-order chi connectivity index (χ0) is 24.9. The molecular weight excluding hydrogens is 396 g/mol. The fourth-order valence-electron chi connectivity index (χ4n) is 3.84. The molecule has 0 aliphatic rings. The maximum Gasteiger partial charge on any atom is -0.0288 e. The van der Waals surface area contributed by atoms with E-state index in [1.807, 2.05) is 0 Å². The molecule has 0 nitrogen and oxygen atoms in total. The van der Waals surface area contributed by atoms with Gasteiger partial charge in [-0.3, -0.25) is 0 Å². The van der Waals surface area contributed by atoms with Crippen LogP contribution in [0.25, 0.3) is 0 Å². The fourth-order valence-corrected chi connectivity index (χ4v) is 3.84. The lowest BCUT2D eigenvalue weighted by Gasteiger charge is -2.04. The molecule has 0 saturated heterocycles.